The second kappa shape index (κ2) is 40.8. The maximum atomic E-state index is 14.3. The van der Waals surface area contributed by atoms with E-state index in [0.29, 0.717) is 12.4 Å². The zero-order valence-corrected chi connectivity index (χ0v) is 50.2. The van der Waals surface area contributed by atoms with Crippen LogP contribution in [0.2, 0.25) is 0 Å². The molecule has 0 radical (unpaired) electrons. The van der Waals surface area contributed by atoms with Crippen molar-refractivity contribution in [3.63, 3.8) is 0 Å². The van der Waals surface area contributed by atoms with Crippen LogP contribution >= 0.6 is 11.6 Å². The van der Waals surface area contributed by atoms with E-state index in [0.717, 1.165) is 50.7 Å². The summed E-state index contributed by atoms with van der Waals surface area (Å²) in [5.41, 5.74) is 17.2. The molecule has 1 saturated heterocycles. The highest BCUT2D eigenvalue weighted by Gasteiger charge is 2.40. The Bertz CT molecular complexity index is 2550. The number of aliphatic carboxylic acids is 2. The number of esters is 1. The summed E-state index contributed by atoms with van der Waals surface area (Å²) in [4.78, 5) is 163. The summed E-state index contributed by atoms with van der Waals surface area (Å²) in [5.74, 6) is -17.3. The summed E-state index contributed by atoms with van der Waals surface area (Å²) in [6, 6.07) is -9.01. The Balaban J connectivity index is 2.74. The molecule has 1 aliphatic heterocycles. The third-order valence-corrected chi connectivity index (χ3v) is 13.8. The van der Waals surface area contributed by atoms with E-state index in [-0.39, 0.29) is 45.2 Å². The molecule has 0 aliphatic carbocycles. The smallest absolute Gasteiger partial charge is 0.335 e. The molecule has 0 bridgehead atoms. The quantitative estimate of drug-likeness (QED) is 0.0162. The minimum Gasteiger partial charge on any atom is -0.494 e. The first-order chi connectivity index (χ1) is 41.7. The molecular weight excluding hydrogens is 1180 g/mol. The summed E-state index contributed by atoms with van der Waals surface area (Å²) in [6.45, 7) is 2.99. The van der Waals surface area contributed by atoms with Gasteiger partial charge in [-0.15, -0.1) is 11.6 Å². The lowest BCUT2D eigenvalue weighted by molar-refractivity contribution is -0.153. The van der Waals surface area contributed by atoms with Gasteiger partial charge in [-0.25, -0.2) is 9.59 Å². The van der Waals surface area contributed by atoms with Crippen molar-refractivity contribution in [1.82, 2.24) is 47.9 Å². The zero-order chi connectivity index (χ0) is 66.0. The van der Waals surface area contributed by atoms with E-state index in [4.69, 9.17) is 38.3 Å². The third-order valence-electron chi connectivity index (χ3n) is 13.5. The SMILES string of the molecule is C/C=C1/NC(=O)C([C@H](C)O)NC(=O)[C@H](CCN)NC(=O)C([C@H](O)C(=O)O)NC(=O)C(CCCCN)NC(=O)[C@H](CC(=O)O)NC(=O)C(CCN)NC(=O)C(NC(=O)C[C@@H](O)CCc2cccc(OCCCCCCC)c2)COC(=O)C([C@H](O)CCl)NC1=O. The molecule has 1 aromatic carbocycles. The van der Waals surface area contributed by atoms with E-state index in [1.165, 1.54) is 6.92 Å². The molecule has 0 aromatic heterocycles. The van der Waals surface area contributed by atoms with Gasteiger partial charge in [0.25, 0.3) is 5.91 Å². The van der Waals surface area contributed by atoms with Gasteiger partial charge in [0.15, 0.2) is 12.1 Å². The van der Waals surface area contributed by atoms with E-state index in [2.05, 4.69) is 49.5 Å². The Hall–Kier alpha value is -7.59. The minimum atomic E-state index is -2.78. The molecule has 33 heteroatoms. The molecule has 0 spiro atoms. The van der Waals surface area contributed by atoms with Crippen molar-refractivity contribution in [2.45, 2.75) is 183 Å². The molecule has 0 saturated carbocycles. The topological polar surface area (TPSA) is 531 Å². The van der Waals surface area contributed by atoms with Crippen molar-refractivity contribution in [1.29, 1.82) is 0 Å². The van der Waals surface area contributed by atoms with Crippen LogP contribution in [0, 0.1) is 0 Å². The van der Waals surface area contributed by atoms with E-state index in [1.54, 1.807) is 24.3 Å². The van der Waals surface area contributed by atoms with Crippen LogP contribution in [0.4, 0.5) is 0 Å². The predicted molar refractivity (Wildman–Crippen MR) is 312 cm³/mol. The van der Waals surface area contributed by atoms with E-state index in [1.807, 2.05) is 5.32 Å². The summed E-state index contributed by atoms with van der Waals surface area (Å²) >= 11 is 5.91. The number of rotatable bonds is 28. The fraction of sp³-hybridized carbons (Fsp3) is 0.636. The number of cyclic esters (lactones) is 1. The molecule has 32 nitrogen and oxygen atoms in total. The molecule has 9 amide bonds. The van der Waals surface area contributed by atoms with Crippen LogP contribution in [0.5, 0.6) is 5.75 Å². The molecule has 1 fully saturated rings. The standard InChI is InChI=1S/C55H87ClN12O20/c1-4-6-7-8-11-23-87-32-14-12-13-30(24-32)16-17-31(70)25-40(72)60-38-28-88-55(86)43(39(71)27-56)67-46(76)33(5-2)61-52(82)42(29(3)69)66-49(79)36(19-22-59)64-53(83)44(45(75)54(84)85)68-48(78)34(15-9-10-20-57)62-50(80)37(26-41(73)74)65-47(77)35(18-21-58)63-51(38)81/h5,12-14,24,29,31,34-39,42-45,69-71,75H,4,6-11,15-23,25-28,57-59H2,1-3H3,(H,60,72)(H,61,82)(H,62,80)(H,63,81)(H,64,83)(H,65,77)(H,66,79)(H,67,76)(H,68,78)(H,73,74)(H,84,85)/b33-5+/t29-,31-,34?,35?,36-,37-,38?,39+,42?,43?,44?,45-/m0/s1. The van der Waals surface area contributed by atoms with Gasteiger partial charge in [-0.05, 0) is 103 Å². The number of allylic oxidation sites excluding steroid dienone is 1. The Morgan fingerprint density at radius 3 is 1.86 bits per heavy atom. The molecule has 21 N–H and O–H groups in total. The Kier molecular flexibility index (Phi) is 35.5. The van der Waals surface area contributed by atoms with Crippen LogP contribution in [-0.2, 0) is 68.7 Å². The highest BCUT2D eigenvalue weighted by molar-refractivity contribution is 6.18. The second-order valence-electron chi connectivity index (χ2n) is 20.7. The number of carbonyl (C=O) groups excluding carboxylic acids is 10. The number of aryl methyl sites for hydroxylation is 1. The molecule has 1 heterocycles. The van der Waals surface area contributed by atoms with Gasteiger partial charge < -0.3 is 105 Å². The summed E-state index contributed by atoms with van der Waals surface area (Å²) in [7, 11) is 0. The molecule has 1 aliphatic rings. The molecule has 12 atom stereocenters. The Morgan fingerprint density at radius 2 is 1.28 bits per heavy atom. The molecule has 494 valence electrons. The summed E-state index contributed by atoms with van der Waals surface area (Å²) < 4.78 is 11.2. The largest absolute Gasteiger partial charge is 0.494 e. The van der Waals surface area contributed by atoms with Crippen LogP contribution in [0.3, 0.4) is 0 Å². The first kappa shape index (κ1) is 76.5. The maximum absolute atomic E-state index is 14.3. The van der Waals surface area contributed by atoms with E-state index >= 15 is 0 Å². The number of hydrogen-bond acceptors (Lipinski definition) is 21. The number of nitrogens with one attached hydrogen (secondary N) is 9. The van der Waals surface area contributed by atoms with Gasteiger partial charge in [-0.1, -0.05) is 50.8 Å². The molecular formula is C55H87ClN12O20. The van der Waals surface area contributed by atoms with Gasteiger partial charge in [0.05, 0.1) is 43.6 Å². The monoisotopic (exact) mass is 1270 g/mol. The highest BCUT2D eigenvalue weighted by Crippen LogP contribution is 2.18. The Labute approximate surface area is 513 Å². The minimum absolute atomic E-state index is 0.0180. The number of carbonyl (C=O) groups is 12. The van der Waals surface area contributed by atoms with Crippen molar-refractivity contribution in [2.24, 2.45) is 17.2 Å². The van der Waals surface area contributed by atoms with Crippen molar-refractivity contribution in [3.8, 4) is 5.75 Å². The van der Waals surface area contributed by atoms with Gasteiger partial charge >= 0.3 is 17.9 Å². The van der Waals surface area contributed by atoms with E-state index in [9.17, 15) is 88.2 Å². The average Bonchev–Trinajstić information content (AvgIpc) is 3.68. The van der Waals surface area contributed by atoms with Crippen LogP contribution in [0.15, 0.2) is 36.0 Å². The van der Waals surface area contributed by atoms with Gasteiger partial charge in [-0.3, -0.25) is 47.9 Å². The summed E-state index contributed by atoms with van der Waals surface area (Å²) in [5, 5.41) is 82.6. The van der Waals surface area contributed by atoms with Gasteiger partial charge in [0, 0.05) is 0 Å². The number of ether oxygens (including phenoxy) is 2. The third kappa shape index (κ3) is 27.2. The summed E-state index contributed by atoms with van der Waals surface area (Å²) in [6.07, 6.45) is -4.36. The maximum Gasteiger partial charge on any atom is 0.335 e. The number of carboxylic acid groups (broad SMARTS) is 2. The number of amides is 9. The van der Waals surface area contributed by atoms with Crippen LogP contribution in [0.1, 0.15) is 110 Å². The number of halogens is 1. The molecule has 1 aromatic rings. The van der Waals surface area contributed by atoms with Crippen molar-refractivity contribution >= 4 is 82.7 Å². The Morgan fingerprint density at radius 1 is 0.705 bits per heavy atom. The fourth-order valence-electron chi connectivity index (χ4n) is 8.56. The first-order valence-corrected chi connectivity index (χ1v) is 29.4. The predicted octanol–water partition coefficient (Wildman–Crippen LogP) is -5.10. The van der Waals surface area contributed by atoms with Crippen molar-refractivity contribution < 1.29 is 97.6 Å². The highest BCUT2D eigenvalue weighted by atomic mass is 35.5. The van der Waals surface area contributed by atoms with Crippen LogP contribution in [0.25, 0.3) is 0 Å². The number of unbranched alkanes of at least 4 members (excludes halogenated alkanes) is 5. The van der Waals surface area contributed by atoms with Gasteiger partial charge in [0.1, 0.15) is 60.3 Å². The van der Waals surface area contributed by atoms with Gasteiger partial charge in [0.2, 0.25) is 47.3 Å². The van der Waals surface area contributed by atoms with Gasteiger partial charge in [-0.2, -0.15) is 0 Å². The normalized spacial score (nSPS) is 23.7. The zero-order valence-electron chi connectivity index (χ0n) is 49.5. The number of hydrogen-bond donors (Lipinski definition) is 18. The number of benzene rings is 1. The first-order valence-electron chi connectivity index (χ1n) is 28.9. The number of aliphatic hydroxyl groups is 4. The lowest BCUT2D eigenvalue weighted by Gasteiger charge is -2.29. The number of alkyl halides is 1. The van der Waals surface area contributed by atoms with Crippen LogP contribution < -0.4 is 69.8 Å². The fourth-order valence-corrected chi connectivity index (χ4v) is 8.73. The second-order valence-corrected chi connectivity index (χ2v) is 21.0. The number of carboxylic acids is 2. The average molecular weight is 1270 g/mol. The lowest BCUT2D eigenvalue weighted by atomic mass is 10.0. The van der Waals surface area contributed by atoms with Crippen molar-refractivity contribution in [3.05, 3.63) is 41.6 Å². The van der Waals surface area contributed by atoms with E-state index < -0.39 is 194 Å². The van der Waals surface area contributed by atoms with Crippen LogP contribution in [-0.4, -0.2) is 213 Å². The van der Waals surface area contributed by atoms with Crippen molar-refractivity contribution in [2.75, 3.05) is 38.7 Å². The number of nitrogens with two attached hydrogens (primary N) is 3. The molecule has 88 heavy (non-hydrogen) atoms. The molecule has 6 unspecified atom stereocenters. The molecule has 2 rings (SSSR count). The lowest BCUT2D eigenvalue weighted by Crippen LogP contribution is -2.63. The number of aliphatic hydroxyl groups excluding tert-OH is 4.